The predicted molar refractivity (Wildman–Crippen MR) is 47.3 cm³/mol. The smallest absolute Gasteiger partial charge is 0.328 e. The van der Waals surface area contributed by atoms with Crippen LogP contribution < -0.4 is 0 Å². The maximum Gasteiger partial charge on any atom is 0.328 e. The van der Waals surface area contributed by atoms with Crippen molar-refractivity contribution < 1.29 is 19.8 Å². The van der Waals surface area contributed by atoms with Gasteiger partial charge in [0.25, 0.3) is 0 Å². The molecule has 72 valence electrons. The van der Waals surface area contributed by atoms with Crippen molar-refractivity contribution >= 4 is 17.5 Å². The molecule has 0 fully saturated rings. The monoisotopic (exact) mass is 193 g/mol. The summed E-state index contributed by atoms with van der Waals surface area (Å²) in [6, 6.07) is -0.828. The van der Waals surface area contributed by atoms with E-state index in [1.54, 1.807) is 0 Å². The Labute approximate surface area is 79.1 Å². The lowest BCUT2D eigenvalue weighted by Gasteiger charge is -2.04. The Morgan fingerprint density at radius 3 is 2.86 bits per heavy atom. The second-order valence-corrected chi connectivity index (χ2v) is 3.14. The molecular weight excluding hydrogens is 186 g/mol. The molecule has 0 bridgehead atoms. The minimum absolute atomic E-state index is 0.222. The summed E-state index contributed by atoms with van der Waals surface area (Å²) in [5, 5.41) is 17.8. The van der Waals surface area contributed by atoms with Gasteiger partial charge in [0.1, 0.15) is 0 Å². The van der Waals surface area contributed by atoms with Gasteiger partial charge in [-0.3, -0.25) is 9.79 Å². The number of carboxylic acids is 1. The first kappa shape index (κ1) is 8.68. The van der Waals surface area contributed by atoms with Crippen molar-refractivity contribution in [2.45, 2.75) is 12.5 Å². The summed E-state index contributed by atoms with van der Waals surface area (Å²) in [6.07, 6.45) is 2.66. The molecule has 1 aliphatic heterocycles. The molecule has 0 spiro atoms. The quantitative estimate of drug-likeness (QED) is 0.584. The van der Waals surface area contributed by atoms with Crippen LogP contribution in [-0.4, -0.2) is 33.7 Å². The van der Waals surface area contributed by atoms with E-state index < -0.39 is 23.6 Å². The molecule has 0 saturated carbocycles. The SMILES string of the molecule is O=C1C=C2CC(C(=O)O)N=C2C=C1O. The van der Waals surface area contributed by atoms with E-state index in [2.05, 4.69) is 4.99 Å². The van der Waals surface area contributed by atoms with Crippen LogP contribution in [0.4, 0.5) is 0 Å². The number of carbonyl (C=O) groups excluding carboxylic acids is 1. The Balaban J connectivity index is 2.36. The van der Waals surface area contributed by atoms with Gasteiger partial charge in [-0.2, -0.15) is 0 Å². The zero-order valence-corrected chi connectivity index (χ0v) is 7.10. The number of aliphatic hydroxyl groups is 1. The number of aliphatic hydroxyl groups excluding tert-OH is 1. The Bertz CT molecular complexity index is 417. The molecule has 2 N–H and O–H groups in total. The zero-order chi connectivity index (χ0) is 10.3. The highest BCUT2D eigenvalue weighted by Gasteiger charge is 2.30. The van der Waals surface area contributed by atoms with Crippen molar-refractivity contribution in [3.05, 3.63) is 23.5 Å². The largest absolute Gasteiger partial charge is 0.504 e. The Morgan fingerprint density at radius 2 is 2.21 bits per heavy atom. The first-order valence-electron chi connectivity index (χ1n) is 4.04. The molecule has 1 atom stereocenters. The average Bonchev–Trinajstić information content (AvgIpc) is 2.48. The highest BCUT2D eigenvalue weighted by molar-refractivity contribution is 6.22. The molecule has 0 aromatic heterocycles. The van der Waals surface area contributed by atoms with E-state index in [1.807, 2.05) is 0 Å². The number of fused-ring (bicyclic) bond motifs is 1. The van der Waals surface area contributed by atoms with Crippen LogP contribution in [0.25, 0.3) is 0 Å². The van der Waals surface area contributed by atoms with Crippen LogP contribution >= 0.6 is 0 Å². The Kier molecular flexibility index (Phi) is 1.73. The van der Waals surface area contributed by atoms with Crippen molar-refractivity contribution in [1.82, 2.24) is 0 Å². The number of rotatable bonds is 1. The van der Waals surface area contributed by atoms with Gasteiger partial charge >= 0.3 is 5.97 Å². The summed E-state index contributed by atoms with van der Waals surface area (Å²) in [7, 11) is 0. The number of nitrogens with zero attached hydrogens (tertiary/aromatic N) is 1. The fraction of sp³-hybridized carbons (Fsp3) is 0.222. The molecular formula is C9H7NO4. The number of allylic oxidation sites excluding steroid dienone is 2. The summed E-state index contributed by atoms with van der Waals surface area (Å²) < 4.78 is 0. The third kappa shape index (κ3) is 1.22. The van der Waals surface area contributed by atoms with Crippen molar-refractivity contribution in [2.24, 2.45) is 4.99 Å². The molecule has 1 heterocycles. The van der Waals surface area contributed by atoms with Gasteiger partial charge in [0.2, 0.25) is 5.78 Å². The van der Waals surface area contributed by atoms with Crippen LogP contribution in [0.3, 0.4) is 0 Å². The lowest BCUT2D eigenvalue weighted by Crippen LogP contribution is -2.14. The molecule has 0 aromatic carbocycles. The number of carboxylic acid groups (broad SMARTS) is 1. The summed E-state index contributed by atoms with van der Waals surface area (Å²) in [5.41, 5.74) is 0.981. The molecule has 0 aromatic rings. The van der Waals surface area contributed by atoms with E-state index in [1.165, 1.54) is 12.2 Å². The highest BCUT2D eigenvalue weighted by atomic mass is 16.4. The van der Waals surface area contributed by atoms with E-state index in [9.17, 15) is 9.59 Å². The van der Waals surface area contributed by atoms with Gasteiger partial charge in [-0.25, -0.2) is 4.79 Å². The number of ketones is 1. The maximum absolute atomic E-state index is 11.0. The van der Waals surface area contributed by atoms with Crippen molar-refractivity contribution in [2.75, 3.05) is 0 Å². The van der Waals surface area contributed by atoms with Crippen LogP contribution in [0, 0.1) is 0 Å². The molecule has 2 aliphatic rings. The van der Waals surface area contributed by atoms with Crippen LogP contribution in [0.1, 0.15) is 6.42 Å². The minimum atomic E-state index is -1.02. The maximum atomic E-state index is 11.0. The van der Waals surface area contributed by atoms with E-state index in [0.717, 1.165) is 0 Å². The van der Waals surface area contributed by atoms with Gasteiger partial charge in [-0.15, -0.1) is 0 Å². The number of hydrogen-bond donors (Lipinski definition) is 2. The molecule has 5 heteroatoms. The zero-order valence-electron chi connectivity index (χ0n) is 7.10. The minimum Gasteiger partial charge on any atom is -0.504 e. The molecule has 0 saturated heterocycles. The molecule has 0 radical (unpaired) electrons. The van der Waals surface area contributed by atoms with Gasteiger partial charge in [0.05, 0.1) is 5.71 Å². The number of carbonyl (C=O) groups is 2. The van der Waals surface area contributed by atoms with E-state index in [0.29, 0.717) is 11.3 Å². The third-order valence-electron chi connectivity index (χ3n) is 2.15. The molecule has 5 nitrogen and oxygen atoms in total. The second kappa shape index (κ2) is 2.80. The van der Waals surface area contributed by atoms with Crippen LogP contribution in [0.15, 0.2) is 28.5 Å². The number of aliphatic imine (C=N–C) groups is 1. The normalized spacial score (nSPS) is 25.0. The molecule has 1 aliphatic carbocycles. The van der Waals surface area contributed by atoms with Crippen molar-refractivity contribution in [3.8, 4) is 0 Å². The summed E-state index contributed by atoms with van der Waals surface area (Å²) >= 11 is 0. The standard InChI is InChI=1S/C9H7NO4/c11-7-2-4-1-6(9(13)14)10-5(4)3-8(7)12/h2-3,6,12H,1H2,(H,13,14). The van der Waals surface area contributed by atoms with Crippen LogP contribution in [0.2, 0.25) is 0 Å². The lowest BCUT2D eigenvalue weighted by molar-refractivity contribution is -0.138. The third-order valence-corrected chi connectivity index (χ3v) is 2.15. The van der Waals surface area contributed by atoms with Gasteiger partial charge in [0.15, 0.2) is 11.8 Å². The Morgan fingerprint density at radius 1 is 1.50 bits per heavy atom. The number of aliphatic carboxylic acids is 1. The van der Waals surface area contributed by atoms with Crippen LogP contribution in [0.5, 0.6) is 0 Å². The topological polar surface area (TPSA) is 87.0 Å². The van der Waals surface area contributed by atoms with E-state index in [4.69, 9.17) is 10.2 Å². The van der Waals surface area contributed by atoms with E-state index in [-0.39, 0.29) is 6.42 Å². The average molecular weight is 193 g/mol. The van der Waals surface area contributed by atoms with Crippen LogP contribution in [-0.2, 0) is 9.59 Å². The Hall–Kier alpha value is -1.91. The molecule has 14 heavy (non-hydrogen) atoms. The summed E-state index contributed by atoms with van der Waals surface area (Å²) in [5.74, 6) is -1.91. The summed E-state index contributed by atoms with van der Waals surface area (Å²) in [6.45, 7) is 0. The molecule has 2 rings (SSSR count). The van der Waals surface area contributed by atoms with Gasteiger partial charge in [-0.05, 0) is 11.6 Å². The van der Waals surface area contributed by atoms with Gasteiger partial charge < -0.3 is 10.2 Å². The predicted octanol–water partition coefficient (Wildman–Crippen LogP) is 0.235. The number of hydrogen-bond acceptors (Lipinski definition) is 4. The van der Waals surface area contributed by atoms with Crippen molar-refractivity contribution in [1.29, 1.82) is 0 Å². The lowest BCUT2D eigenvalue weighted by atomic mass is 10.00. The fourth-order valence-electron chi connectivity index (χ4n) is 1.45. The van der Waals surface area contributed by atoms with Crippen molar-refractivity contribution in [3.63, 3.8) is 0 Å². The second-order valence-electron chi connectivity index (χ2n) is 3.14. The highest BCUT2D eigenvalue weighted by Crippen LogP contribution is 2.24. The molecule has 0 amide bonds. The summed E-state index contributed by atoms with van der Waals surface area (Å²) in [4.78, 5) is 25.5. The first-order chi connectivity index (χ1) is 6.58. The first-order valence-corrected chi connectivity index (χ1v) is 4.04. The molecule has 1 unspecified atom stereocenters. The van der Waals surface area contributed by atoms with Gasteiger partial charge in [0, 0.05) is 12.5 Å². The van der Waals surface area contributed by atoms with Gasteiger partial charge in [-0.1, -0.05) is 0 Å². The fourth-order valence-corrected chi connectivity index (χ4v) is 1.45. The van der Waals surface area contributed by atoms with E-state index >= 15 is 0 Å².